The van der Waals surface area contributed by atoms with Crippen molar-refractivity contribution in [2.24, 2.45) is 17.6 Å². The fourth-order valence-electron chi connectivity index (χ4n) is 4.25. The highest BCUT2D eigenvalue weighted by Gasteiger charge is 2.42. The molecule has 1 heterocycles. The monoisotopic (exact) mass is 380 g/mol. The summed E-state index contributed by atoms with van der Waals surface area (Å²) in [7, 11) is 0. The Bertz CT molecular complexity index is 849. The summed E-state index contributed by atoms with van der Waals surface area (Å²) < 4.78 is 5.26. The SMILES string of the molecule is NC(=O)COc1ccc(-c2ccc(C(=O)N3C[C@H]4CC[C@@H](C3)C4O)cc2)cc1. The highest BCUT2D eigenvalue weighted by molar-refractivity contribution is 5.94. The Labute approximate surface area is 163 Å². The predicted octanol–water partition coefficient (Wildman–Crippen LogP) is 2.06. The van der Waals surface area contributed by atoms with Gasteiger partial charge >= 0.3 is 0 Å². The maximum absolute atomic E-state index is 12.8. The zero-order valence-electron chi connectivity index (χ0n) is 15.6. The molecule has 0 aromatic heterocycles. The number of carbonyl (C=O) groups is 2. The third-order valence-electron chi connectivity index (χ3n) is 5.77. The Hall–Kier alpha value is -2.86. The fraction of sp³-hybridized carbons (Fsp3) is 0.364. The number of aliphatic hydroxyl groups is 1. The first-order valence-electron chi connectivity index (χ1n) is 9.60. The van der Waals surface area contributed by atoms with Crippen LogP contribution < -0.4 is 10.5 Å². The second-order valence-corrected chi connectivity index (χ2v) is 7.65. The lowest BCUT2D eigenvalue weighted by atomic mass is 9.94. The fourth-order valence-corrected chi connectivity index (χ4v) is 4.25. The third kappa shape index (κ3) is 3.73. The Morgan fingerprint density at radius 2 is 1.50 bits per heavy atom. The molecule has 2 aromatic carbocycles. The molecular formula is C22H24N2O4. The first-order valence-corrected chi connectivity index (χ1v) is 9.60. The van der Waals surface area contributed by atoms with Crippen LogP contribution in [0, 0.1) is 11.8 Å². The molecule has 2 aliphatic rings. The summed E-state index contributed by atoms with van der Waals surface area (Å²) in [6, 6.07) is 14.9. The summed E-state index contributed by atoms with van der Waals surface area (Å²) in [5.74, 6) is 0.539. The van der Waals surface area contributed by atoms with E-state index in [1.807, 2.05) is 41.3 Å². The number of piperidine rings is 1. The van der Waals surface area contributed by atoms with Gasteiger partial charge in [-0.2, -0.15) is 0 Å². The first kappa shape index (κ1) is 18.5. The Morgan fingerprint density at radius 3 is 2.04 bits per heavy atom. The van der Waals surface area contributed by atoms with E-state index in [1.54, 1.807) is 12.1 Å². The van der Waals surface area contributed by atoms with E-state index in [0.29, 0.717) is 24.4 Å². The molecule has 2 aromatic rings. The number of rotatable bonds is 5. The van der Waals surface area contributed by atoms with Crippen molar-refractivity contribution in [3.8, 4) is 16.9 Å². The number of aliphatic hydroxyl groups excluding tert-OH is 1. The second kappa shape index (κ2) is 7.64. The van der Waals surface area contributed by atoms with Crippen LogP contribution in [0.2, 0.25) is 0 Å². The molecule has 6 nitrogen and oxygen atoms in total. The molecule has 6 heteroatoms. The van der Waals surface area contributed by atoms with Crippen LogP contribution in [-0.4, -0.2) is 47.6 Å². The van der Waals surface area contributed by atoms with Gasteiger partial charge in [0.25, 0.3) is 11.8 Å². The minimum Gasteiger partial charge on any atom is -0.484 e. The number of amides is 2. The summed E-state index contributed by atoms with van der Waals surface area (Å²) in [4.78, 5) is 25.5. The Balaban J connectivity index is 1.42. The molecule has 1 unspecified atom stereocenters. The topological polar surface area (TPSA) is 92.9 Å². The van der Waals surface area contributed by atoms with Gasteiger partial charge in [0, 0.05) is 30.5 Å². The smallest absolute Gasteiger partial charge is 0.255 e. The van der Waals surface area contributed by atoms with E-state index < -0.39 is 5.91 Å². The molecule has 4 rings (SSSR count). The minimum absolute atomic E-state index is 0.0329. The normalized spacial score (nSPS) is 23.5. The number of likely N-dealkylation sites (tertiary alicyclic amines) is 1. The zero-order valence-corrected chi connectivity index (χ0v) is 15.6. The third-order valence-corrected chi connectivity index (χ3v) is 5.77. The second-order valence-electron chi connectivity index (χ2n) is 7.65. The van der Waals surface area contributed by atoms with Gasteiger partial charge in [0.05, 0.1) is 6.10 Å². The zero-order chi connectivity index (χ0) is 19.7. The molecular weight excluding hydrogens is 356 g/mol. The van der Waals surface area contributed by atoms with E-state index in [0.717, 1.165) is 24.0 Å². The van der Waals surface area contributed by atoms with Crippen molar-refractivity contribution in [2.45, 2.75) is 18.9 Å². The summed E-state index contributed by atoms with van der Waals surface area (Å²) in [5.41, 5.74) is 7.72. The molecule has 2 bridgehead atoms. The van der Waals surface area contributed by atoms with E-state index in [4.69, 9.17) is 10.5 Å². The number of hydrogen-bond donors (Lipinski definition) is 2. The van der Waals surface area contributed by atoms with Crippen molar-refractivity contribution in [3.63, 3.8) is 0 Å². The van der Waals surface area contributed by atoms with E-state index in [2.05, 4.69) is 0 Å². The molecule has 1 aliphatic carbocycles. The number of nitrogens with two attached hydrogens (primary N) is 1. The highest BCUT2D eigenvalue weighted by Crippen LogP contribution is 2.37. The standard InChI is InChI=1S/C22H24N2O4/c23-20(25)13-28-19-9-7-15(8-10-19)14-1-3-16(4-2-14)22(27)24-11-17-5-6-18(12-24)21(17)26/h1-4,7-10,17-18,21,26H,5-6,11-13H2,(H2,23,25)/t17-,18+,21?. The van der Waals surface area contributed by atoms with Gasteiger partial charge in [-0.15, -0.1) is 0 Å². The highest BCUT2D eigenvalue weighted by atomic mass is 16.5. The van der Waals surface area contributed by atoms with Gasteiger partial charge in [-0.05, 0) is 48.2 Å². The van der Waals surface area contributed by atoms with E-state index in [9.17, 15) is 14.7 Å². The lowest BCUT2D eigenvalue weighted by Gasteiger charge is -2.35. The maximum atomic E-state index is 12.8. The largest absolute Gasteiger partial charge is 0.484 e. The molecule has 1 saturated carbocycles. The molecule has 2 fully saturated rings. The number of carbonyl (C=O) groups excluding carboxylic acids is 2. The maximum Gasteiger partial charge on any atom is 0.255 e. The van der Waals surface area contributed by atoms with Crippen molar-refractivity contribution < 1.29 is 19.4 Å². The quantitative estimate of drug-likeness (QED) is 0.830. The van der Waals surface area contributed by atoms with Gasteiger partial charge in [-0.3, -0.25) is 9.59 Å². The average molecular weight is 380 g/mol. The summed E-state index contributed by atoms with van der Waals surface area (Å²) in [6.45, 7) is 1.14. The number of fused-ring (bicyclic) bond motifs is 2. The van der Waals surface area contributed by atoms with Crippen LogP contribution in [0.3, 0.4) is 0 Å². The molecule has 28 heavy (non-hydrogen) atoms. The molecule has 0 spiro atoms. The lowest BCUT2D eigenvalue weighted by Crippen LogP contribution is -2.47. The number of benzene rings is 2. The number of nitrogens with zero attached hydrogens (tertiary/aromatic N) is 1. The molecule has 1 saturated heterocycles. The van der Waals surface area contributed by atoms with Gasteiger partial charge in [-0.25, -0.2) is 0 Å². The average Bonchev–Trinajstić information content (AvgIpc) is 2.92. The molecule has 2 amide bonds. The van der Waals surface area contributed by atoms with Gasteiger partial charge in [0.2, 0.25) is 0 Å². The van der Waals surface area contributed by atoms with Crippen molar-refractivity contribution in [2.75, 3.05) is 19.7 Å². The summed E-state index contributed by atoms with van der Waals surface area (Å²) in [5, 5.41) is 10.2. The van der Waals surface area contributed by atoms with Gasteiger partial charge < -0.3 is 20.5 Å². The molecule has 3 atom stereocenters. The van der Waals surface area contributed by atoms with E-state index in [1.165, 1.54) is 0 Å². The van der Waals surface area contributed by atoms with Crippen molar-refractivity contribution >= 4 is 11.8 Å². The van der Waals surface area contributed by atoms with Crippen LogP contribution in [0.25, 0.3) is 11.1 Å². The molecule has 0 radical (unpaired) electrons. The van der Waals surface area contributed by atoms with Crippen LogP contribution in [0.5, 0.6) is 5.75 Å². The van der Waals surface area contributed by atoms with E-state index >= 15 is 0 Å². The summed E-state index contributed by atoms with van der Waals surface area (Å²) in [6.07, 6.45) is 1.77. The van der Waals surface area contributed by atoms with Crippen LogP contribution in [-0.2, 0) is 4.79 Å². The van der Waals surface area contributed by atoms with Crippen molar-refractivity contribution in [3.05, 3.63) is 54.1 Å². The number of primary amides is 1. The van der Waals surface area contributed by atoms with Gasteiger partial charge in [0.1, 0.15) is 5.75 Å². The minimum atomic E-state index is -0.513. The number of ether oxygens (including phenoxy) is 1. The predicted molar refractivity (Wildman–Crippen MR) is 105 cm³/mol. The van der Waals surface area contributed by atoms with Crippen LogP contribution >= 0.6 is 0 Å². The Kier molecular flexibility index (Phi) is 5.05. The van der Waals surface area contributed by atoms with E-state index in [-0.39, 0.29) is 30.5 Å². The number of hydrogen-bond acceptors (Lipinski definition) is 4. The van der Waals surface area contributed by atoms with Crippen LogP contribution in [0.4, 0.5) is 0 Å². The molecule has 1 aliphatic heterocycles. The van der Waals surface area contributed by atoms with Gasteiger partial charge in [0.15, 0.2) is 6.61 Å². The Morgan fingerprint density at radius 1 is 0.964 bits per heavy atom. The van der Waals surface area contributed by atoms with Crippen LogP contribution in [0.1, 0.15) is 23.2 Å². The molecule has 146 valence electrons. The van der Waals surface area contributed by atoms with Crippen molar-refractivity contribution in [1.82, 2.24) is 4.90 Å². The summed E-state index contributed by atoms with van der Waals surface area (Å²) >= 11 is 0. The van der Waals surface area contributed by atoms with Gasteiger partial charge in [-0.1, -0.05) is 24.3 Å². The molecule has 3 N–H and O–H groups in total. The lowest BCUT2D eigenvalue weighted by molar-refractivity contribution is -0.119. The van der Waals surface area contributed by atoms with Crippen molar-refractivity contribution in [1.29, 1.82) is 0 Å². The first-order chi connectivity index (χ1) is 13.5. The van der Waals surface area contributed by atoms with Crippen LogP contribution in [0.15, 0.2) is 48.5 Å².